The molecule has 4 aromatic heterocycles. The molecule has 0 aliphatic carbocycles. The average Bonchev–Trinajstić information content (AvgIpc) is 1.59. The highest BCUT2D eigenvalue weighted by Gasteiger charge is 2.41. The van der Waals surface area contributed by atoms with Gasteiger partial charge in [0.15, 0.2) is 23.1 Å². The van der Waals surface area contributed by atoms with Crippen LogP contribution in [0.25, 0.3) is 43.6 Å². The predicted molar refractivity (Wildman–Crippen MR) is 410 cm³/mol. The Morgan fingerprint density at radius 2 is 0.623 bits per heavy atom. The molecule has 0 saturated carbocycles. The van der Waals surface area contributed by atoms with Crippen LogP contribution in [0.1, 0.15) is 97.6 Å². The number of esters is 4. The van der Waals surface area contributed by atoms with Crippen molar-refractivity contribution in [2.75, 3.05) is 56.9 Å². The van der Waals surface area contributed by atoms with E-state index in [0.717, 1.165) is 42.6 Å². The number of nitrogens with zero attached hydrogens (tertiary/aromatic N) is 4. The molecule has 4 heterocycles. The van der Waals surface area contributed by atoms with Crippen LogP contribution in [0, 0.1) is 39.3 Å². The summed E-state index contributed by atoms with van der Waals surface area (Å²) in [5.74, 6) is -6.09. The topological polar surface area (TPSA) is 230 Å². The Balaban J connectivity index is 0.000000174. The number of aromatic nitrogens is 4. The van der Waals surface area contributed by atoms with E-state index in [1.807, 2.05) is 0 Å². The monoisotopic (exact) mass is 1660 g/mol. The summed E-state index contributed by atoms with van der Waals surface area (Å²) in [6, 6.07) is 35.1. The molecule has 12 aromatic rings. The third-order valence-electron chi connectivity index (χ3n) is 18.5. The first-order chi connectivity index (χ1) is 53.9. The number of ether oxygens (including phenoxy) is 8. The van der Waals surface area contributed by atoms with Crippen LogP contribution in [-0.2, 0) is 76.2 Å². The second-order valence-corrected chi connectivity index (χ2v) is 26.7. The largest absolute Gasteiger partial charge is 0.496 e. The molecule has 596 valence electrons. The maximum Gasteiger partial charge on any atom is 0.420 e. The van der Waals surface area contributed by atoms with Gasteiger partial charge in [-0.2, -0.15) is 26.3 Å². The number of fused-ring (bicyclic) bond motifs is 4. The Labute approximate surface area is 664 Å². The molecule has 0 radical (unpaired) electrons. The third-order valence-corrected chi connectivity index (χ3v) is 19.5. The molecule has 0 spiro atoms. The summed E-state index contributed by atoms with van der Waals surface area (Å²) >= 11 is 23.5. The molecule has 0 unspecified atom stereocenters. The minimum absolute atomic E-state index is 0.0134. The highest BCUT2D eigenvalue weighted by atomic mass is 35.5. The zero-order chi connectivity index (χ0) is 83.9. The molecule has 0 bridgehead atoms. The lowest BCUT2D eigenvalue weighted by Gasteiger charge is -2.14. The number of benzene rings is 8. The van der Waals surface area contributed by atoms with Gasteiger partial charge in [0.25, 0.3) is 23.6 Å². The van der Waals surface area contributed by atoms with Crippen LogP contribution in [0.4, 0.5) is 35.1 Å². The zero-order valence-electron chi connectivity index (χ0n) is 62.5. The number of halogens is 12. The average molecular weight is 1660 g/mol. The van der Waals surface area contributed by atoms with Crippen molar-refractivity contribution in [3.05, 3.63) is 256 Å². The van der Waals surface area contributed by atoms with Crippen molar-refractivity contribution >= 4 is 138 Å². The SMILES string of the molecule is COC(=O)Cc1c(C)n(C(=O)c2ccc(Cl)cc2)c2cc(C(F)(F)F)c(OC)cc12.COC(=O)Cc1c(C)n(C(=O)c2ccc(Cl)cc2)c2cc(F)c(OC)cc12.COC(=O)Cc1c(C)n(C(=O)c2ccc(Cl)cc2)c2ccc(OC)c(C(F)(F)F)c12.COC(=O)Cc1c(C)n(C(=O)c2ccc(Cl)cc2)c2ccc(OC)c(F)c12. The van der Waals surface area contributed by atoms with E-state index in [0.29, 0.717) is 86.8 Å². The maximum absolute atomic E-state index is 15.0. The van der Waals surface area contributed by atoms with Crippen molar-refractivity contribution < 1.29 is 111 Å². The van der Waals surface area contributed by atoms with E-state index in [4.69, 9.17) is 79.6 Å². The molecule has 0 N–H and O–H groups in total. The molecule has 0 amide bonds. The van der Waals surface area contributed by atoms with Crippen LogP contribution < -0.4 is 18.9 Å². The van der Waals surface area contributed by atoms with Crippen LogP contribution >= 0.6 is 46.4 Å². The number of rotatable bonds is 16. The van der Waals surface area contributed by atoms with Crippen molar-refractivity contribution in [1.82, 2.24) is 18.3 Å². The molecule has 0 saturated heterocycles. The Morgan fingerprint density at radius 1 is 0.333 bits per heavy atom. The molecule has 0 fully saturated rings. The van der Waals surface area contributed by atoms with Gasteiger partial charge in [0.1, 0.15) is 17.1 Å². The van der Waals surface area contributed by atoms with E-state index in [-0.39, 0.29) is 86.8 Å². The highest BCUT2D eigenvalue weighted by Crippen LogP contribution is 2.46. The number of hydrogen-bond donors (Lipinski definition) is 0. The Hall–Kier alpha value is -11.7. The third kappa shape index (κ3) is 18.0. The van der Waals surface area contributed by atoms with Gasteiger partial charge in [0, 0.05) is 92.7 Å². The summed E-state index contributed by atoms with van der Waals surface area (Å²) in [6.07, 6.45) is -10.3. The van der Waals surface area contributed by atoms with Crippen molar-refractivity contribution in [2.24, 2.45) is 0 Å². The summed E-state index contributed by atoms with van der Waals surface area (Å²) in [5, 5.41) is 2.58. The van der Waals surface area contributed by atoms with Crippen LogP contribution in [0.2, 0.25) is 20.1 Å². The van der Waals surface area contributed by atoms with Crippen LogP contribution in [-0.4, -0.2) is 123 Å². The van der Waals surface area contributed by atoms with E-state index >= 15 is 0 Å². The first-order valence-electron chi connectivity index (χ1n) is 33.7. The fourth-order valence-electron chi connectivity index (χ4n) is 12.9. The molecule has 8 aromatic carbocycles. The second-order valence-electron chi connectivity index (χ2n) is 24.9. The number of methoxy groups -OCH3 is 8. The number of alkyl halides is 6. The van der Waals surface area contributed by atoms with Crippen molar-refractivity contribution in [1.29, 1.82) is 0 Å². The van der Waals surface area contributed by atoms with Crippen molar-refractivity contribution in [3.63, 3.8) is 0 Å². The lowest BCUT2D eigenvalue weighted by atomic mass is 10.0. The molecular weight excluding hydrogens is 1590 g/mol. The van der Waals surface area contributed by atoms with Gasteiger partial charge in [0.05, 0.1) is 110 Å². The van der Waals surface area contributed by atoms with Gasteiger partial charge in [-0.3, -0.25) is 56.6 Å². The van der Waals surface area contributed by atoms with E-state index in [1.165, 1.54) is 130 Å². The Morgan fingerprint density at radius 3 is 0.947 bits per heavy atom. The standard InChI is InChI=1S/2C21H17ClF3NO4.2C20H17ClFNO4/c1-11-14(9-19(27)30-3)15-8-18(29-2)16(21(23,24)25)10-17(15)26(11)20(28)12-4-6-13(22)7-5-12;1-11-14(10-17(27)30-3)18-15(8-9-16(29-2)19(18)21(23,24)25)26(11)20(28)12-4-6-13(22)7-5-12;1-11-14(9-19(24)27-3)15-8-18(26-2)16(22)10-17(15)23(11)20(25)12-4-6-13(21)7-5-12;1-11-14(10-17(24)27-3)18-15(8-9-16(26-2)19(18)22)23(11)20(25)12-4-6-13(21)7-5-12/h4-8,10H,9H2,1-3H3;4-9H,10H2,1-3H3;4-8,10H,9H2,1-3H3;4-9H,10H2,1-3H3. The van der Waals surface area contributed by atoms with Gasteiger partial charge in [-0.1, -0.05) is 46.4 Å². The smallest absolute Gasteiger partial charge is 0.420 e. The van der Waals surface area contributed by atoms with E-state index < -0.39 is 88.7 Å². The van der Waals surface area contributed by atoms with Gasteiger partial charge in [-0.05, 0) is 189 Å². The number of hydrogen-bond acceptors (Lipinski definition) is 16. The Bertz CT molecular complexity index is 5630. The highest BCUT2D eigenvalue weighted by molar-refractivity contribution is 6.32. The molecule has 114 heavy (non-hydrogen) atoms. The molecular formula is C82H68Cl4F8N4O16. The van der Waals surface area contributed by atoms with Crippen molar-refractivity contribution in [3.8, 4) is 23.0 Å². The fraction of sp³-hybridized carbons (Fsp3) is 0.220. The van der Waals surface area contributed by atoms with E-state index in [2.05, 4.69) is 4.74 Å². The number of carbonyl (C=O) groups is 8. The van der Waals surface area contributed by atoms with Gasteiger partial charge >= 0.3 is 36.2 Å². The van der Waals surface area contributed by atoms with Gasteiger partial charge in [-0.25, -0.2) is 8.78 Å². The number of carbonyl (C=O) groups excluding carboxylic acids is 8. The summed E-state index contributed by atoms with van der Waals surface area (Å²) in [4.78, 5) is 100. The van der Waals surface area contributed by atoms with Crippen LogP contribution in [0.5, 0.6) is 23.0 Å². The van der Waals surface area contributed by atoms with E-state index in [9.17, 15) is 73.5 Å². The van der Waals surface area contributed by atoms with Crippen molar-refractivity contribution in [2.45, 2.75) is 65.7 Å². The second kappa shape index (κ2) is 36.0. The molecule has 0 atom stereocenters. The maximum atomic E-state index is 15.0. The zero-order valence-corrected chi connectivity index (χ0v) is 65.6. The minimum atomic E-state index is -4.78. The lowest BCUT2D eigenvalue weighted by molar-refractivity contribution is -0.140. The van der Waals surface area contributed by atoms with Gasteiger partial charge in [0.2, 0.25) is 0 Å². The molecule has 20 nitrogen and oxygen atoms in total. The summed E-state index contributed by atoms with van der Waals surface area (Å²) < 4.78 is 156. The summed E-state index contributed by atoms with van der Waals surface area (Å²) in [7, 11) is 9.85. The predicted octanol–water partition coefficient (Wildman–Crippen LogP) is 18.4. The van der Waals surface area contributed by atoms with Gasteiger partial charge < -0.3 is 37.9 Å². The van der Waals surface area contributed by atoms with Crippen LogP contribution in [0.15, 0.2) is 146 Å². The van der Waals surface area contributed by atoms with Gasteiger partial charge in [-0.15, -0.1) is 0 Å². The molecule has 32 heteroatoms. The molecule has 0 aliphatic rings. The molecule has 0 aliphatic heterocycles. The lowest BCUT2D eigenvalue weighted by Crippen LogP contribution is -2.15. The van der Waals surface area contributed by atoms with E-state index in [1.54, 1.807) is 75.4 Å². The first kappa shape index (κ1) is 86.3. The quantitative estimate of drug-likeness (QED) is 0.0497. The molecule has 12 rings (SSSR count). The van der Waals surface area contributed by atoms with Crippen LogP contribution in [0.3, 0.4) is 0 Å². The minimum Gasteiger partial charge on any atom is -0.496 e. The Kier molecular flexibility index (Phi) is 27.2. The first-order valence-corrected chi connectivity index (χ1v) is 35.2. The summed E-state index contributed by atoms with van der Waals surface area (Å²) in [5.41, 5.74) is 2.81. The normalized spacial score (nSPS) is 11.2. The fourth-order valence-corrected chi connectivity index (χ4v) is 13.4. The summed E-state index contributed by atoms with van der Waals surface area (Å²) in [6.45, 7) is 6.42.